The van der Waals surface area contributed by atoms with Gasteiger partial charge in [-0.15, -0.1) is 0 Å². The van der Waals surface area contributed by atoms with Crippen LogP contribution in [0.2, 0.25) is 5.02 Å². The van der Waals surface area contributed by atoms with Gasteiger partial charge in [0.1, 0.15) is 11.4 Å². The van der Waals surface area contributed by atoms with Gasteiger partial charge < -0.3 is 5.11 Å². The maximum Gasteiger partial charge on any atom is 0.330 e. The molecule has 2 aromatic rings. The Labute approximate surface area is 169 Å². The second kappa shape index (κ2) is 8.74. The molecule has 0 saturated heterocycles. The fourth-order valence-electron chi connectivity index (χ4n) is 3.50. The highest BCUT2D eigenvalue weighted by molar-refractivity contribution is 6.31. The van der Waals surface area contributed by atoms with Gasteiger partial charge >= 0.3 is 5.97 Å². The summed E-state index contributed by atoms with van der Waals surface area (Å²) in [4.78, 5) is 27.4. The van der Waals surface area contributed by atoms with Crippen molar-refractivity contribution in [3.05, 3.63) is 64.9 Å². The van der Waals surface area contributed by atoms with E-state index in [1.165, 1.54) is 17.0 Å². The van der Waals surface area contributed by atoms with E-state index in [-0.39, 0.29) is 23.0 Å². The molecule has 0 fully saturated rings. The molecule has 2 aromatic carbocycles. The lowest BCUT2D eigenvalue weighted by atomic mass is 9.77. The summed E-state index contributed by atoms with van der Waals surface area (Å²) < 4.78 is 13.8. The minimum Gasteiger partial charge on any atom is -0.479 e. The number of halogens is 2. The molecule has 0 unspecified atom stereocenters. The minimum atomic E-state index is -1.53. The number of hydrogen-bond acceptors (Lipinski definition) is 2. The number of nitrogens with zero attached hydrogens (tertiary/aromatic N) is 1. The van der Waals surface area contributed by atoms with Crippen molar-refractivity contribution in [3.63, 3.8) is 0 Å². The first-order chi connectivity index (χ1) is 13.1. The molecule has 0 heterocycles. The Morgan fingerprint density at radius 3 is 2.18 bits per heavy atom. The normalized spacial score (nSPS) is 13.4. The lowest BCUT2D eigenvalue weighted by molar-refractivity contribution is -0.145. The Kier molecular flexibility index (Phi) is 6.83. The van der Waals surface area contributed by atoms with Crippen LogP contribution in [0.15, 0.2) is 48.5 Å². The first-order valence-corrected chi connectivity index (χ1v) is 9.57. The van der Waals surface area contributed by atoms with Crippen LogP contribution in [0.1, 0.15) is 44.5 Å². The molecule has 0 bridgehead atoms. The van der Waals surface area contributed by atoms with E-state index in [1.54, 1.807) is 44.2 Å². The molecule has 0 aliphatic carbocycles. The Bertz CT molecular complexity index is 854. The lowest BCUT2D eigenvalue weighted by Gasteiger charge is -2.44. The SMILES string of the molecule is CC(C)C[C@@](C(=O)O)(C(C)C)N(C(=O)c1ccccc1)c1ccc(F)c(Cl)c1. The van der Waals surface area contributed by atoms with Crippen LogP contribution < -0.4 is 4.90 Å². The van der Waals surface area contributed by atoms with Crippen LogP contribution in [0, 0.1) is 17.7 Å². The maximum absolute atomic E-state index is 13.8. The Hall–Kier alpha value is -2.40. The summed E-state index contributed by atoms with van der Waals surface area (Å²) in [6, 6.07) is 12.3. The molecule has 1 N–H and O–H groups in total. The molecule has 0 aliphatic heterocycles. The van der Waals surface area contributed by atoms with Gasteiger partial charge in [0.15, 0.2) is 0 Å². The van der Waals surface area contributed by atoms with E-state index in [4.69, 9.17) is 11.6 Å². The number of benzene rings is 2. The van der Waals surface area contributed by atoms with Crippen molar-refractivity contribution in [1.29, 1.82) is 0 Å². The number of rotatable bonds is 7. The van der Waals surface area contributed by atoms with Crippen LogP contribution >= 0.6 is 11.6 Å². The molecule has 0 spiro atoms. The van der Waals surface area contributed by atoms with Gasteiger partial charge in [0.05, 0.1) is 5.02 Å². The molecular formula is C22H25ClFNO3. The van der Waals surface area contributed by atoms with Gasteiger partial charge in [-0.05, 0) is 48.6 Å². The van der Waals surface area contributed by atoms with Gasteiger partial charge in [0.2, 0.25) is 0 Å². The lowest BCUT2D eigenvalue weighted by Crippen LogP contribution is -2.61. The topological polar surface area (TPSA) is 57.6 Å². The van der Waals surface area contributed by atoms with E-state index in [9.17, 15) is 19.1 Å². The predicted molar refractivity (Wildman–Crippen MR) is 109 cm³/mol. The van der Waals surface area contributed by atoms with Crippen molar-refractivity contribution in [1.82, 2.24) is 0 Å². The summed E-state index contributed by atoms with van der Waals surface area (Å²) in [6.45, 7) is 7.35. The van der Waals surface area contributed by atoms with Crippen molar-refractivity contribution >= 4 is 29.2 Å². The highest BCUT2D eigenvalue weighted by Crippen LogP contribution is 2.38. The van der Waals surface area contributed by atoms with Gasteiger partial charge in [-0.25, -0.2) is 9.18 Å². The zero-order valence-electron chi connectivity index (χ0n) is 16.4. The number of carbonyl (C=O) groups is 2. The number of hydrogen-bond donors (Lipinski definition) is 1. The van der Waals surface area contributed by atoms with Gasteiger partial charge in [-0.1, -0.05) is 57.5 Å². The van der Waals surface area contributed by atoms with Gasteiger partial charge in [-0.3, -0.25) is 9.69 Å². The molecule has 1 amide bonds. The first-order valence-electron chi connectivity index (χ1n) is 9.19. The van der Waals surface area contributed by atoms with Gasteiger partial charge in [0.25, 0.3) is 5.91 Å². The Morgan fingerprint density at radius 1 is 1.11 bits per heavy atom. The highest BCUT2D eigenvalue weighted by atomic mass is 35.5. The van der Waals surface area contributed by atoms with E-state index in [1.807, 2.05) is 13.8 Å². The highest BCUT2D eigenvalue weighted by Gasteiger charge is 2.50. The fraction of sp³-hybridized carbons (Fsp3) is 0.364. The summed E-state index contributed by atoms with van der Waals surface area (Å²) in [5.41, 5.74) is -0.933. The molecule has 28 heavy (non-hydrogen) atoms. The quantitative estimate of drug-likeness (QED) is 0.647. The van der Waals surface area contributed by atoms with E-state index in [0.29, 0.717) is 5.56 Å². The van der Waals surface area contributed by atoms with E-state index in [0.717, 1.165) is 6.07 Å². The monoisotopic (exact) mass is 405 g/mol. The largest absolute Gasteiger partial charge is 0.479 e. The van der Waals surface area contributed by atoms with Crippen molar-refractivity contribution in [3.8, 4) is 0 Å². The number of aliphatic carboxylic acids is 1. The minimum absolute atomic E-state index is 0.000457. The molecule has 0 radical (unpaired) electrons. The second-order valence-electron chi connectivity index (χ2n) is 7.59. The van der Waals surface area contributed by atoms with Crippen molar-refractivity contribution in [2.75, 3.05) is 4.90 Å². The molecule has 4 nitrogen and oxygen atoms in total. The molecular weight excluding hydrogens is 381 g/mol. The number of anilines is 1. The summed E-state index contributed by atoms with van der Waals surface area (Å²) in [5.74, 6) is -2.63. The van der Waals surface area contributed by atoms with E-state index >= 15 is 0 Å². The third-order valence-electron chi connectivity index (χ3n) is 4.83. The number of carboxylic acids is 1. The van der Waals surface area contributed by atoms with Crippen LogP contribution in [-0.4, -0.2) is 22.5 Å². The van der Waals surface area contributed by atoms with Crippen LogP contribution in [-0.2, 0) is 4.79 Å². The summed E-state index contributed by atoms with van der Waals surface area (Å²) in [5, 5.41) is 10.1. The number of amides is 1. The fourth-order valence-corrected chi connectivity index (χ4v) is 3.68. The smallest absolute Gasteiger partial charge is 0.330 e. The van der Waals surface area contributed by atoms with Crippen molar-refractivity contribution in [2.24, 2.45) is 11.8 Å². The molecule has 2 rings (SSSR count). The molecule has 0 saturated carbocycles. The molecule has 0 aliphatic rings. The first kappa shape index (κ1) is 21.9. The molecule has 0 aromatic heterocycles. The Balaban J connectivity index is 2.78. The molecule has 1 atom stereocenters. The van der Waals surface area contributed by atoms with E-state index in [2.05, 4.69) is 0 Å². The predicted octanol–water partition coefficient (Wildman–Crippen LogP) is 5.65. The third-order valence-corrected chi connectivity index (χ3v) is 5.12. The average Bonchev–Trinajstić information content (AvgIpc) is 2.63. The van der Waals surface area contributed by atoms with Gasteiger partial charge in [0, 0.05) is 11.3 Å². The van der Waals surface area contributed by atoms with Crippen molar-refractivity contribution in [2.45, 2.75) is 39.7 Å². The second-order valence-corrected chi connectivity index (χ2v) is 7.99. The van der Waals surface area contributed by atoms with Gasteiger partial charge in [-0.2, -0.15) is 0 Å². The third kappa shape index (κ3) is 4.20. The van der Waals surface area contributed by atoms with Crippen molar-refractivity contribution < 1.29 is 19.1 Å². The number of carbonyl (C=O) groups excluding carboxylic acids is 1. The zero-order valence-corrected chi connectivity index (χ0v) is 17.2. The Morgan fingerprint density at radius 2 is 1.71 bits per heavy atom. The van der Waals surface area contributed by atoms with Crippen LogP contribution in [0.4, 0.5) is 10.1 Å². The molecule has 150 valence electrons. The summed E-state index contributed by atoms with van der Waals surface area (Å²) in [6.07, 6.45) is 0.230. The van der Waals surface area contributed by atoms with Crippen LogP contribution in [0.5, 0.6) is 0 Å². The average molecular weight is 406 g/mol. The summed E-state index contributed by atoms with van der Waals surface area (Å²) in [7, 11) is 0. The summed E-state index contributed by atoms with van der Waals surface area (Å²) >= 11 is 5.96. The van der Waals surface area contributed by atoms with Crippen LogP contribution in [0.25, 0.3) is 0 Å². The molecule has 6 heteroatoms. The number of carboxylic acid groups (broad SMARTS) is 1. The zero-order chi connectivity index (χ0) is 21.1. The van der Waals surface area contributed by atoms with E-state index < -0.39 is 29.2 Å². The van der Waals surface area contributed by atoms with Crippen LogP contribution in [0.3, 0.4) is 0 Å². The standard InChI is InChI=1S/C22H25ClFNO3/c1-14(2)13-22(15(3)4,21(27)28)25(17-10-11-19(24)18(23)12-17)20(26)16-8-6-5-7-9-16/h5-12,14-15H,13H2,1-4H3,(H,27,28)/t22-/m0/s1. The maximum atomic E-state index is 13.8.